The fourth-order valence-corrected chi connectivity index (χ4v) is 2.58. The number of amides is 1. The number of ether oxygens (including phenoxy) is 1. The second kappa shape index (κ2) is 7.46. The number of halogens is 5. The quantitative estimate of drug-likeness (QED) is 0.563. The molecule has 0 spiro atoms. The minimum absolute atomic E-state index is 0.0948. The topological polar surface area (TPSA) is 77.2 Å². The average molecular weight is 405 g/mol. The fraction of sp³-hybridized carbons (Fsp3) is 0.471. The smallest absolute Gasteiger partial charge is 0.384 e. The van der Waals surface area contributed by atoms with Crippen molar-refractivity contribution in [3.05, 3.63) is 35.5 Å². The van der Waals surface area contributed by atoms with Crippen LogP contribution in [0.5, 0.6) is 0 Å². The summed E-state index contributed by atoms with van der Waals surface area (Å²) in [6.45, 7) is -0.0948. The molecule has 0 radical (unpaired) electrons. The summed E-state index contributed by atoms with van der Waals surface area (Å²) in [6.07, 6.45) is -3.93. The van der Waals surface area contributed by atoms with Crippen molar-refractivity contribution in [3.63, 3.8) is 0 Å². The Morgan fingerprint density at radius 3 is 2.57 bits per heavy atom. The first-order valence-corrected chi connectivity index (χ1v) is 8.35. The summed E-state index contributed by atoms with van der Waals surface area (Å²) in [4.78, 5) is 15.2. The van der Waals surface area contributed by atoms with E-state index in [1.807, 2.05) is 0 Å². The van der Waals surface area contributed by atoms with Crippen LogP contribution in [0.15, 0.2) is 22.7 Å². The molecule has 0 saturated heterocycles. The zero-order valence-corrected chi connectivity index (χ0v) is 14.6. The monoisotopic (exact) mass is 405 g/mol. The number of alkyl halides is 4. The lowest BCUT2D eigenvalue weighted by Gasteiger charge is -2.27. The summed E-state index contributed by atoms with van der Waals surface area (Å²) < 4.78 is 76.7. The van der Waals surface area contributed by atoms with Crippen LogP contribution in [0.2, 0.25) is 0 Å². The normalized spacial score (nSPS) is 16.6. The Balaban J connectivity index is 1.89. The number of nitrogens with zero attached hydrogens (tertiary/aromatic N) is 2. The molecule has 6 nitrogen and oxygen atoms in total. The zero-order valence-electron chi connectivity index (χ0n) is 14.6. The van der Waals surface area contributed by atoms with E-state index in [-0.39, 0.29) is 24.5 Å². The Hall–Kier alpha value is -2.56. The Kier molecular flexibility index (Phi) is 5.37. The van der Waals surface area contributed by atoms with Gasteiger partial charge in [-0.3, -0.25) is 4.79 Å². The van der Waals surface area contributed by atoms with E-state index in [2.05, 4.69) is 20.0 Å². The van der Waals surface area contributed by atoms with Crippen molar-refractivity contribution in [3.8, 4) is 11.4 Å². The molecule has 3 rings (SSSR count). The molecule has 1 unspecified atom stereocenters. The number of benzene rings is 1. The largest absolute Gasteiger partial charge is 0.471 e. The fourth-order valence-electron chi connectivity index (χ4n) is 2.58. The zero-order chi connectivity index (χ0) is 20.5. The summed E-state index contributed by atoms with van der Waals surface area (Å²) in [6, 6.07) is 2.95. The van der Waals surface area contributed by atoms with Crippen LogP contribution >= 0.6 is 0 Å². The highest BCUT2D eigenvalue weighted by atomic mass is 19.4. The first kappa shape index (κ1) is 20.2. The van der Waals surface area contributed by atoms with Gasteiger partial charge < -0.3 is 14.6 Å². The van der Waals surface area contributed by atoms with Gasteiger partial charge in [-0.15, -0.1) is 0 Å². The number of nitrogens with one attached hydrogen (secondary N) is 1. The molecule has 1 N–H and O–H groups in total. The third-order valence-corrected chi connectivity index (χ3v) is 4.24. The highest BCUT2D eigenvalue weighted by Gasteiger charge is 2.41. The predicted octanol–water partition coefficient (Wildman–Crippen LogP) is 3.58. The van der Waals surface area contributed by atoms with Crippen LogP contribution in [-0.4, -0.2) is 29.8 Å². The summed E-state index contributed by atoms with van der Waals surface area (Å²) in [5.74, 6) is -6.53. The minimum atomic E-state index is -4.84. The van der Waals surface area contributed by atoms with Crippen molar-refractivity contribution in [2.75, 3.05) is 13.7 Å². The maximum atomic E-state index is 15.5. The molecule has 28 heavy (non-hydrogen) atoms. The van der Waals surface area contributed by atoms with Gasteiger partial charge in [0, 0.05) is 30.6 Å². The van der Waals surface area contributed by atoms with Crippen molar-refractivity contribution in [1.29, 1.82) is 0 Å². The molecule has 0 bridgehead atoms. The summed E-state index contributed by atoms with van der Waals surface area (Å²) in [5.41, 5.74) is -0.607. The first-order valence-electron chi connectivity index (χ1n) is 8.35. The molecule has 1 aliphatic carbocycles. The van der Waals surface area contributed by atoms with E-state index in [1.165, 1.54) is 7.11 Å². The van der Waals surface area contributed by atoms with Crippen molar-refractivity contribution >= 4 is 5.91 Å². The number of carbonyl (C=O) groups is 1. The van der Waals surface area contributed by atoms with Gasteiger partial charge in [0.2, 0.25) is 17.5 Å². The van der Waals surface area contributed by atoms with E-state index in [9.17, 15) is 22.4 Å². The average Bonchev–Trinajstić information content (AvgIpc) is 3.35. The number of rotatable bonds is 7. The van der Waals surface area contributed by atoms with Crippen LogP contribution in [0.25, 0.3) is 11.4 Å². The second-order valence-electron chi connectivity index (χ2n) is 6.42. The molecule has 1 saturated carbocycles. The molecule has 1 aliphatic rings. The van der Waals surface area contributed by atoms with Crippen LogP contribution in [0.3, 0.4) is 0 Å². The van der Waals surface area contributed by atoms with Crippen LogP contribution in [0, 0.1) is 11.7 Å². The lowest BCUT2D eigenvalue weighted by Crippen LogP contribution is -2.44. The number of hydrogen-bond acceptors (Lipinski definition) is 5. The Morgan fingerprint density at radius 2 is 2.04 bits per heavy atom. The number of hydrogen-bond donors (Lipinski definition) is 1. The molecule has 1 atom stereocenters. The van der Waals surface area contributed by atoms with E-state index < -0.39 is 41.0 Å². The van der Waals surface area contributed by atoms with Gasteiger partial charge in [0.15, 0.2) is 0 Å². The molecule has 0 aliphatic heterocycles. The van der Waals surface area contributed by atoms with Crippen LogP contribution in [0.1, 0.15) is 30.7 Å². The number of methoxy groups -OCH3 is 1. The summed E-state index contributed by atoms with van der Waals surface area (Å²) in [5, 5.41) is 5.37. The molecule has 1 amide bonds. The molecule has 1 aromatic carbocycles. The lowest BCUT2D eigenvalue weighted by molar-refractivity contribution is -0.159. The number of aromatic nitrogens is 2. The third-order valence-electron chi connectivity index (χ3n) is 4.24. The van der Waals surface area contributed by atoms with Crippen molar-refractivity contribution in [2.24, 2.45) is 5.92 Å². The highest BCUT2D eigenvalue weighted by Crippen LogP contribution is 2.35. The van der Waals surface area contributed by atoms with Crippen LogP contribution in [-0.2, 0) is 21.5 Å². The van der Waals surface area contributed by atoms with Gasteiger partial charge in [-0.05, 0) is 18.9 Å². The standard InChI is InChI=1S/C17H16F5N3O3/c1-27-7-6-16(19,24-14(26)9-2-3-9)11-5-4-10(8-12(11)18)13-23-15(28-25-13)17(20,21)22/h4-5,8-9H,2-3,6-7H2,1H3,(H,24,26). The Morgan fingerprint density at radius 1 is 1.32 bits per heavy atom. The molecule has 1 heterocycles. The molecular weight excluding hydrogens is 389 g/mol. The maximum absolute atomic E-state index is 15.5. The molecule has 11 heteroatoms. The van der Waals surface area contributed by atoms with Crippen LogP contribution < -0.4 is 5.32 Å². The van der Waals surface area contributed by atoms with E-state index in [4.69, 9.17) is 4.74 Å². The molecule has 1 fully saturated rings. The summed E-state index contributed by atoms with van der Waals surface area (Å²) >= 11 is 0. The second-order valence-corrected chi connectivity index (χ2v) is 6.42. The summed E-state index contributed by atoms with van der Waals surface area (Å²) in [7, 11) is 1.33. The predicted molar refractivity (Wildman–Crippen MR) is 84.8 cm³/mol. The van der Waals surface area contributed by atoms with Gasteiger partial charge in [-0.1, -0.05) is 17.3 Å². The van der Waals surface area contributed by atoms with Gasteiger partial charge in [0.25, 0.3) is 0 Å². The number of carbonyl (C=O) groups excluding carboxylic acids is 1. The maximum Gasteiger partial charge on any atom is 0.471 e. The molecule has 152 valence electrons. The minimum Gasteiger partial charge on any atom is -0.384 e. The van der Waals surface area contributed by atoms with E-state index in [1.54, 1.807) is 0 Å². The lowest BCUT2D eigenvalue weighted by atomic mass is 9.98. The van der Waals surface area contributed by atoms with Crippen molar-refractivity contribution in [2.45, 2.75) is 31.2 Å². The third kappa shape index (κ3) is 4.29. The molecule has 1 aromatic heterocycles. The van der Waals surface area contributed by atoms with Gasteiger partial charge in [0.1, 0.15) is 5.82 Å². The highest BCUT2D eigenvalue weighted by molar-refractivity contribution is 5.81. The van der Waals surface area contributed by atoms with Crippen molar-refractivity contribution < 1.29 is 36.0 Å². The van der Waals surface area contributed by atoms with Crippen LogP contribution in [0.4, 0.5) is 22.0 Å². The van der Waals surface area contributed by atoms with E-state index >= 15 is 4.39 Å². The Bertz CT molecular complexity index is 866. The first-order chi connectivity index (χ1) is 13.1. The van der Waals surface area contributed by atoms with Gasteiger partial charge >= 0.3 is 12.1 Å². The van der Waals surface area contributed by atoms with Gasteiger partial charge in [-0.2, -0.15) is 18.2 Å². The van der Waals surface area contributed by atoms with Crippen molar-refractivity contribution in [1.82, 2.24) is 15.5 Å². The SMILES string of the molecule is COCCC(F)(NC(=O)C1CC1)c1ccc(-c2noc(C(F)(F)F)n2)cc1F. The molecular formula is C17H16F5N3O3. The van der Waals surface area contributed by atoms with E-state index in [0.717, 1.165) is 18.2 Å². The van der Waals surface area contributed by atoms with Gasteiger partial charge in [0.05, 0.1) is 6.61 Å². The van der Waals surface area contributed by atoms with Gasteiger partial charge in [-0.25, -0.2) is 8.78 Å². The molecule has 2 aromatic rings. The van der Waals surface area contributed by atoms with E-state index in [0.29, 0.717) is 12.8 Å². The Labute approximate surface area is 156 Å².